The second-order valence-electron chi connectivity index (χ2n) is 13.8. The summed E-state index contributed by atoms with van der Waals surface area (Å²) in [5.41, 5.74) is 5.36. The summed E-state index contributed by atoms with van der Waals surface area (Å²) in [5, 5.41) is 0. The van der Waals surface area contributed by atoms with Crippen LogP contribution in [0.25, 0.3) is 0 Å². The Labute approximate surface area is 331 Å². The summed E-state index contributed by atoms with van der Waals surface area (Å²) in [6.45, 7) is 4.67. The van der Waals surface area contributed by atoms with Gasteiger partial charge in [-0.05, 0) is 70.6 Å². The Balaban J connectivity index is 4.07. The number of unbranched alkanes of at least 4 members (excludes halogenated alkanes) is 15. The van der Waals surface area contributed by atoms with Crippen molar-refractivity contribution in [2.75, 3.05) is 33.0 Å². The first-order valence-corrected chi connectivity index (χ1v) is 22.9. The van der Waals surface area contributed by atoms with Crippen molar-refractivity contribution in [3.05, 3.63) is 72.9 Å². The van der Waals surface area contributed by atoms with E-state index in [0.29, 0.717) is 13.0 Å². The van der Waals surface area contributed by atoms with Crippen LogP contribution in [0.2, 0.25) is 0 Å². The van der Waals surface area contributed by atoms with Crippen molar-refractivity contribution >= 4 is 13.8 Å². The highest BCUT2D eigenvalue weighted by molar-refractivity contribution is 7.47. The Kier molecular flexibility index (Phi) is 40.5. The van der Waals surface area contributed by atoms with Gasteiger partial charge >= 0.3 is 13.8 Å². The maximum absolute atomic E-state index is 12.5. The SMILES string of the molecule is CC/C=C\C/C=C\C/C=C\C/C=C\CCC(=O)OC(COCCCCCCCCCCCC/C=C\C/C=C\CCCCCCC)COP(=O)(O)OCCN. The van der Waals surface area contributed by atoms with Gasteiger partial charge in [-0.15, -0.1) is 0 Å². The first-order chi connectivity index (χ1) is 26.4. The Morgan fingerprint density at radius 1 is 0.574 bits per heavy atom. The zero-order valence-electron chi connectivity index (χ0n) is 34.4. The number of carbonyl (C=O) groups excluding carboxylic acids is 1. The fourth-order valence-electron chi connectivity index (χ4n) is 5.51. The van der Waals surface area contributed by atoms with Crippen LogP contribution >= 0.6 is 7.82 Å². The number of hydrogen-bond donors (Lipinski definition) is 2. The Bertz CT molecular complexity index is 1050. The van der Waals surface area contributed by atoms with Crippen LogP contribution < -0.4 is 5.73 Å². The molecule has 0 rings (SSSR count). The van der Waals surface area contributed by atoms with Gasteiger partial charge in [0.05, 0.1) is 19.8 Å². The van der Waals surface area contributed by atoms with Crippen molar-refractivity contribution in [2.24, 2.45) is 5.73 Å². The number of ether oxygens (including phenoxy) is 2. The molecule has 0 saturated carbocycles. The highest BCUT2D eigenvalue weighted by Gasteiger charge is 2.25. The molecule has 9 heteroatoms. The van der Waals surface area contributed by atoms with Gasteiger partial charge in [-0.2, -0.15) is 0 Å². The molecule has 54 heavy (non-hydrogen) atoms. The third kappa shape index (κ3) is 41.1. The lowest BCUT2D eigenvalue weighted by Gasteiger charge is -2.20. The molecule has 0 amide bonds. The van der Waals surface area contributed by atoms with Crippen LogP contribution in [0, 0.1) is 0 Å². The van der Waals surface area contributed by atoms with Gasteiger partial charge in [0.2, 0.25) is 0 Å². The van der Waals surface area contributed by atoms with Crippen molar-refractivity contribution in [2.45, 2.75) is 174 Å². The zero-order chi connectivity index (χ0) is 39.5. The van der Waals surface area contributed by atoms with E-state index in [2.05, 4.69) is 74.6 Å². The van der Waals surface area contributed by atoms with Gasteiger partial charge in [0.1, 0.15) is 6.10 Å². The van der Waals surface area contributed by atoms with Gasteiger partial charge in [0.15, 0.2) is 0 Å². The molecule has 0 aromatic carbocycles. The summed E-state index contributed by atoms with van der Waals surface area (Å²) < 4.78 is 33.3. The molecule has 0 aliphatic carbocycles. The number of esters is 1. The van der Waals surface area contributed by atoms with Gasteiger partial charge in [-0.1, -0.05) is 164 Å². The van der Waals surface area contributed by atoms with E-state index in [-0.39, 0.29) is 32.8 Å². The smallest absolute Gasteiger partial charge is 0.457 e. The van der Waals surface area contributed by atoms with E-state index in [4.69, 9.17) is 24.3 Å². The van der Waals surface area contributed by atoms with Crippen LogP contribution in [0.3, 0.4) is 0 Å². The van der Waals surface area contributed by atoms with Crippen LogP contribution in [0.4, 0.5) is 0 Å². The summed E-state index contributed by atoms with van der Waals surface area (Å²) >= 11 is 0. The molecule has 0 heterocycles. The molecule has 3 N–H and O–H groups in total. The predicted octanol–water partition coefficient (Wildman–Crippen LogP) is 12.7. The second kappa shape index (κ2) is 42.1. The molecule has 312 valence electrons. The molecule has 2 atom stereocenters. The molecular weight excluding hydrogens is 697 g/mol. The summed E-state index contributed by atoms with van der Waals surface area (Å²) in [4.78, 5) is 22.4. The van der Waals surface area contributed by atoms with E-state index < -0.39 is 19.9 Å². The molecule has 0 aliphatic heterocycles. The normalized spacial score (nSPS) is 14.2. The molecule has 0 radical (unpaired) electrons. The Hall–Kier alpha value is -2.06. The molecule has 0 aromatic heterocycles. The van der Waals surface area contributed by atoms with Gasteiger partial charge < -0.3 is 20.1 Å². The lowest BCUT2D eigenvalue weighted by atomic mass is 10.1. The molecule has 2 unspecified atom stereocenters. The topological polar surface area (TPSA) is 117 Å². The molecule has 8 nitrogen and oxygen atoms in total. The fraction of sp³-hybridized carbons (Fsp3) is 0.711. The number of phosphoric ester groups is 1. The Morgan fingerprint density at radius 3 is 1.56 bits per heavy atom. The van der Waals surface area contributed by atoms with Crippen LogP contribution in [-0.2, 0) is 27.9 Å². The molecule has 0 bridgehead atoms. The summed E-state index contributed by atoms with van der Waals surface area (Å²) in [7, 11) is -4.30. The third-order valence-electron chi connectivity index (χ3n) is 8.62. The monoisotopic (exact) mass is 778 g/mol. The molecule has 0 spiro atoms. The van der Waals surface area contributed by atoms with E-state index in [1.54, 1.807) is 0 Å². The van der Waals surface area contributed by atoms with E-state index in [0.717, 1.165) is 44.9 Å². The molecule has 0 fully saturated rings. The highest BCUT2D eigenvalue weighted by Crippen LogP contribution is 2.43. The average Bonchev–Trinajstić information content (AvgIpc) is 3.16. The van der Waals surface area contributed by atoms with Crippen LogP contribution in [-0.4, -0.2) is 49.9 Å². The summed E-state index contributed by atoms with van der Waals surface area (Å²) in [6.07, 6.45) is 52.3. The van der Waals surface area contributed by atoms with Crippen LogP contribution in [0.15, 0.2) is 72.9 Å². The molecule has 0 aliphatic rings. The van der Waals surface area contributed by atoms with Crippen molar-refractivity contribution in [3.8, 4) is 0 Å². The van der Waals surface area contributed by atoms with E-state index in [9.17, 15) is 14.3 Å². The number of rotatable bonds is 40. The van der Waals surface area contributed by atoms with Crippen molar-refractivity contribution in [3.63, 3.8) is 0 Å². The average molecular weight is 778 g/mol. The maximum Gasteiger partial charge on any atom is 0.472 e. The number of carbonyl (C=O) groups is 1. The molecular formula is C45H80NO7P. The number of allylic oxidation sites excluding steroid dienone is 12. The first-order valence-electron chi connectivity index (χ1n) is 21.4. The molecule has 0 saturated heterocycles. The van der Waals surface area contributed by atoms with Gasteiger partial charge in [0.25, 0.3) is 0 Å². The van der Waals surface area contributed by atoms with Crippen molar-refractivity contribution < 1.29 is 32.8 Å². The minimum atomic E-state index is -4.30. The first kappa shape index (κ1) is 51.9. The number of nitrogens with two attached hydrogens (primary N) is 1. The minimum absolute atomic E-state index is 0.0820. The van der Waals surface area contributed by atoms with Gasteiger partial charge in [0, 0.05) is 19.6 Å². The molecule has 0 aromatic rings. The maximum atomic E-state index is 12.5. The largest absolute Gasteiger partial charge is 0.472 e. The standard InChI is InChI=1S/C45H80NO7P/c1-3-5-7-9-11-13-15-17-18-19-20-21-22-23-24-25-27-29-31-33-35-37-40-50-42-44(43-52-54(48,49)51-41-39-46)53-45(47)38-36-34-32-30-28-26-16-14-12-10-8-6-4-2/h6,8,12,14-15,17,19-20,26,28,32,34,44H,3-5,7,9-11,13,16,18,21-25,27,29-31,33,35-43,46H2,1-2H3,(H,48,49)/b8-6-,14-12-,17-15-,20-19-,28-26-,34-32-. The van der Waals surface area contributed by atoms with E-state index >= 15 is 0 Å². The van der Waals surface area contributed by atoms with Crippen LogP contribution in [0.1, 0.15) is 168 Å². The van der Waals surface area contributed by atoms with Crippen molar-refractivity contribution in [1.82, 2.24) is 0 Å². The Morgan fingerprint density at radius 2 is 1.04 bits per heavy atom. The quantitative estimate of drug-likeness (QED) is 0.0273. The summed E-state index contributed by atoms with van der Waals surface area (Å²) in [6, 6.07) is 0. The lowest BCUT2D eigenvalue weighted by molar-refractivity contribution is -0.154. The van der Waals surface area contributed by atoms with E-state index in [1.165, 1.54) is 96.3 Å². The predicted molar refractivity (Wildman–Crippen MR) is 228 cm³/mol. The third-order valence-corrected chi connectivity index (χ3v) is 9.61. The fourth-order valence-corrected chi connectivity index (χ4v) is 6.28. The van der Waals surface area contributed by atoms with Gasteiger partial charge in [-0.3, -0.25) is 13.8 Å². The van der Waals surface area contributed by atoms with E-state index in [1.807, 2.05) is 12.2 Å². The number of hydrogen-bond acceptors (Lipinski definition) is 7. The second-order valence-corrected chi connectivity index (χ2v) is 15.3. The van der Waals surface area contributed by atoms with Crippen molar-refractivity contribution in [1.29, 1.82) is 0 Å². The minimum Gasteiger partial charge on any atom is -0.457 e. The van der Waals surface area contributed by atoms with Gasteiger partial charge in [-0.25, -0.2) is 4.57 Å². The number of phosphoric acid groups is 1. The highest BCUT2D eigenvalue weighted by atomic mass is 31.2. The van der Waals surface area contributed by atoms with Crippen LogP contribution in [0.5, 0.6) is 0 Å². The summed E-state index contributed by atoms with van der Waals surface area (Å²) in [5.74, 6) is -0.413. The lowest BCUT2D eigenvalue weighted by Crippen LogP contribution is -2.28. The zero-order valence-corrected chi connectivity index (χ0v) is 35.3.